The molecule has 4 nitrogen and oxygen atoms in total. The van der Waals surface area contributed by atoms with Crippen LogP contribution in [0.2, 0.25) is 0 Å². The van der Waals surface area contributed by atoms with E-state index in [0.29, 0.717) is 11.6 Å². The van der Waals surface area contributed by atoms with Gasteiger partial charge in [0.15, 0.2) is 0 Å². The van der Waals surface area contributed by atoms with E-state index in [1.807, 2.05) is 5.38 Å². The van der Waals surface area contributed by atoms with Crippen LogP contribution in [-0.2, 0) is 17.6 Å². The highest BCUT2D eigenvalue weighted by Crippen LogP contribution is 2.20. The lowest BCUT2D eigenvalue weighted by Crippen LogP contribution is -2.28. The SMILES string of the molecule is O=C(O)Cc1csc(CC2CCNCC2)n1. The number of nitrogens with one attached hydrogen (secondary N) is 1. The minimum absolute atomic E-state index is 0.0444. The Kier molecular flexibility index (Phi) is 3.90. The molecule has 0 aliphatic carbocycles. The molecule has 2 heterocycles. The predicted molar refractivity (Wildman–Crippen MR) is 62.8 cm³/mol. The van der Waals surface area contributed by atoms with Crippen molar-refractivity contribution in [3.05, 3.63) is 16.1 Å². The van der Waals surface area contributed by atoms with Gasteiger partial charge in [-0.2, -0.15) is 0 Å². The van der Waals surface area contributed by atoms with Gasteiger partial charge in [0.25, 0.3) is 0 Å². The van der Waals surface area contributed by atoms with Gasteiger partial charge in [0.05, 0.1) is 17.1 Å². The lowest BCUT2D eigenvalue weighted by atomic mass is 9.95. The number of carboxylic acid groups (broad SMARTS) is 1. The molecule has 16 heavy (non-hydrogen) atoms. The molecule has 1 aromatic rings. The van der Waals surface area contributed by atoms with Crippen molar-refractivity contribution in [2.45, 2.75) is 25.7 Å². The molecule has 0 atom stereocenters. The smallest absolute Gasteiger partial charge is 0.309 e. The van der Waals surface area contributed by atoms with E-state index in [1.54, 1.807) is 11.3 Å². The summed E-state index contributed by atoms with van der Waals surface area (Å²) in [6.07, 6.45) is 3.45. The first-order valence-electron chi connectivity index (χ1n) is 5.60. The van der Waals surface area contributed by atoms with Gasteiger partial charge >= 0.3 is 5.97 Å². The molecule has 1 aliphatic heterocycles. The summed E-state index contributed by atoms with van der Waals surface area (Å²) in [4.78, 5) is 14.9. The molecule has 1 aromatic heterocycles. The van der Waals surface area contributed by atoms with Crippen LogP contribution in [0.15, 0.2) is 5.38 Å². The van der Waals surface area contributed by atoms with Crippen molar-refractivity contribution in [2.75, 3.05) is 13.1 Å². The van der Waals surface area contributed by atoms with Crippen molar-refractivity contribution in [3.63, 3.8) is 0 Å². The van der Waals surface area contributed by atoms with Crippen molar-refractivity contribution in [1.82, 2.24) is 10.3 Å². The monoisotopic (exact) mass is 240 g/mol. The van der Waals surface area contributed by atoms with E-state index >= 15 is 0 Å². The molecule has 0 bridgehead atoms. The maximum atomic E-state index is 10.5. The number of aliphatic carboxylic acids is 1. The highest BCUT2D eigenvalue weighted by atomic mass is 32.1. The van der Waals surface area contributed by atoms with Gasteiger partial charge in [-0.3, -0.25) is 4.79 Å². The number of thiazole rings is 1. The van der Waals surface area contributed by atoms with Crippen LogP contribution in [-0.4, -0.2) is 29.1 Å². The summed E-state index contributed by atoms with van der Waals surface area (Å²) in [5.41, 5.74) is 0.696. The van der Waals surface area contributed by atoms with Crippen LogP contribution >= 0.6 is 11.3 Å². The molecule has 0 saturated carbocycles. The molecule has 0 aromatic carbocycles. The summed E-state index contributed by atoms with van der Waals surface area (Å²) < 4.78 is 0. The van der Waals surface area contributed by atoms with Gasteiger partial charge in [-0.1, -0.05) is 0 Å². The molecule has 0 spiro atoms. The number of aromatic nitrogens is 1. The fourth-order valence-electron chi connectivity index (χ4n) is 2.01. The Balaban J connectivity index is 1.88. The quantitative estimate of drug-likeness (QED) is 0.833. The molecule has 88 valence electrons. The molecule has 1 saturated heterocycles. The molecule has 1 aliphatic rings. The average molecular weight is 240 g/mol. The van der Waals surface area contributed by atoms with Gasteiger partial charge < -0.3 is 10.4 Å². The molecular formula is C11H16N2O2S. The summed E-state index contributed by atoms with van der Waals surface area (Å²) in [6, 6.07) is 0. The van der Waals surface area contributed by atoms with Crippen LogP contribution in [0.5, 0.6) is 0 Å². The summed E-state index contributed by atoms with van der Waals surface area (Å²) in [5, 5.41) is 14.9. The van der Waals surface area contributed by atoms with Gasteiger partial charge in [0.2, 0.25) is 0 Å². The van der Waals surface area contributed by atoms with Gasteiger partial charge in [0.1, 0.15) is 0 Å². The Morgan fingerprint density at radius 1 is 1.56 bits per heavy atom. The van der Waals surface area contributed by atoms with E-state index in [-0.39, 0.29) is 6.42 Å². The largest absolute Gasteiger partial charge is 0.481 e. The first-order chi connectivity index (χ1) is 7.74. The van der Waals surface area contributed by atoms with Gasteiger partial charge in [-0.25, -0.2) is 4.98 Å². The Morgan fingerprint density at radius 2 is 2.31 bits per heavy atom. The topological polar surface area (TPSA) is 62.2 Å². The Labute approximate surface area is 98.7 Å². The maximum absolute atomic E-state index is 10.5. The standard InChI is InChI=1S/C11H16N2O2S/c14-11(15)6-9-7-16-10(13-9)5-8-1-3-12-4-2-8/h7-8,12H,1-6H2,(H,14,15). The molecular weight excluding hydrogens is 224 g/mol. The molecule has 0 unspecified atom stereocenters. The first-order valence-corrected chi connectivity index (χ1v) is 6.48. The molecule has 0 radical (unpaired) electrons. The van der Waals surface area contributed by atoms with Crippen molar-refractivity contribution in [3.8, 4) is 0 Å². The van der Waals surface area contributed by atoms with Gasteiger partial charge in [-0.05, 0) is 31.8 Å². The second kappa shape index (κ2) is 5.41. The number of carbonyl (C=O) groups is 1. The highest BCUT2D eigenvalue weighted by molar-refractivity contribution is 7.09. The Hall–Kier alpha value is -0.940. The number of hydrogen-bond acceptors (Lipinski definition) is 4. The third-order valence-corrected chi connectivity index (χ3v) is 3.77. The first kappa shape index (κ1) is 11.5. The van der Waals surface area contributed by atoms with E-state index in [0.717, 1.165) is 24.5 Å². The predicted octanol–water partition coefficient (Wildman–Crippen LogP) is 1.31. The zero-order valence-corrected chi connectivity index (χ0v) is 9.92. The van der Waals surface area contributed by atoms with E-state index in [2.05, 4.69) is 10.3 Å². The molecule has 1 fully saturated rings. The van der Waals surface area contributed by atoms with Crippen LogP contribution < -0.4 is 5.32 Å². The van der Waals surface area contributed by atoms with E-state index in [9.17, 15) is 4.79 Å². The summed E-state index contributed by atoms with van der Waals surface area (Å²) in [5.74, 6) is -0.0937. The van der Waals surface area contributed by atoms with Crippen LogP contribution in [0, 0.1) is 5.92 Å². The molecule has 0 amide bonds. The minimum Gasteiger partial charge on any atom is -0.481 e. The maximum Gasteiger partial charge on any atom is 0.309 e. The third kappa shape index (κ3) is 3.28. The summed E-state index contributed by atoms with van der Waals surface area (Å²) in [6.45, 7) is 2.19. The average Bonchev–Trinajstić information content (AvgIpc) is 2.66. The van der Waals surface area contributed by atoms with Gasteiger partial charge in [-0.15, -0.1) is 11.3 Å². The fourth-order valence-corrected chi connectivity index (χ4v) is 2.92. The molecule has 5 heteroatoms. The minimum atomic E-state index is -0.807. The van der Waals surface area contributed by atoms with Crippen molar-refractivity contribution < 1.29 is 9.90 Å². The van der Waals surface area contributed by atoms with Crippen molar-refractivity contribution in [1.29, 1.82) is 0 Å². The fraction of sp³-hybridized carbons (Fsp3) is 0.636. The molecule has 2 rings (SSSR count). The van der Waals surface area contributed by atoms with Crippen molar-refractivity contribution in [2.24, 2.45) is 5.92 Å². The lowest BCUT2D eigenvalue weighted by molar-refractivity contribution is -0.136. The zero-order chi connectivity index (χ0) is 11.4. The Bertz CT molecular complexity index is 359. The van der Waals surface area contributed by atoms with Gasteiger partial charge in [0, 0.05) is 11.8 Å². The zero-order valence-electron chi connectivity index (χ0n) is 9.11. The molecule has 2 N–H and O–H groups in total. The van der Waals surface area contributed by atoms with Crippen molar-refractivity contribution >= 4 is 17.3 Å². The number of rotatable bonds is 4. The summed E-state index contributed by atoms with van der Waals surface area (Å²) >= 11 is 1.59. The summed E-state index contributed by atoms with van der Waals surface area (Å²) in [7, 11) is 0. The lowest BCUT2D eigenvalue weighted by Gasteiger charge is -2.21. The van der Waals surface area contributed by atoms with Crippen LogP contribution in [0.3, 0.4) is 0 Å². The third-order valence-electron chi connectivity index (χ3n) is 2.85. The normalized spacial score (nSPS) is 17.5. The van der Waals surface area contributed by atoms with E-state index in [1.165, 1.54) is 12.8 Å². The number of carboxylic acids is 1. The van der Waals surface area contributed by atoms with Crippen LogP contribution in [0.4, 0.5) is 0 Å². The highest BCUT2D eigenvalue weighted by Gasteiger charge is 2.15. The number of nitrogens with zero attached hydrogens (tertiary/aromatic N) is 1. The number of piperidine rings is 1. The number of hydrogen-bond donors (Lipinski definition) is 2. The van der Waals surface area contributed by atoms with Crippen LogP contribution in [0.1, 0.15) is 23.5 Å². The second-order valence-corrected chi connectivity index (χ2v) is 5.14. The van der Waals surface area contributed by atoms with Crippen LogP contribution in [0.25, 0.3) is 0 Å². The van der Waals surface area contributed by atoms with E-state index in [4.69, 9.17) is 5.11 Å². The Morgan fingerprint density at radius 3 is 3.00 bits per heavy atom. The van der Waals surface area contributed by atoms with E-state index < -0.39 is 5.97 Å². The second-order valence-electron chi connectivity index (χ2n) is 4.20.